The second-order valence-corrected chi connectivity index (χ2v) is 15.8. The molecule has 0 aromatic carbocycles. The van der Waals surface area contributed by atoms with Crippen LogP contribution >= 0.6 is 0 Å². The van der Waals surface area contributed by atoms with Gasteiger partial charge in [-0.3, -0.25) is 9.35 Å². The summed E-state index contributed by atoms with van der Waals surface area (Å²) in [6, 6.07) is -1.05. The maximum atomic E-state index is 12.5. The van der Waals surface area contributed by atoms with Gasteiger partial charge in [0.25, 0.3) is 10.1 Å². The Morgan fingerprint density at radius 1 is 0.553 bits per heavy atom. The molecule has 0 fully saturated rings. The highest BCUT2D eigenvalue weighted by Crippen LogP contribution is 2.16. The SMILES string of the molecule is CCCCCCCCCCCCCCCCCCC/C=C/C(O)C(CS(=O)(=O)O)NC(=O)CCCCCCCCCCCCCCC. The van der Waals surface area contributed by atoms with Crippen LogP contribution in [0.1, 0.15) is 219 Å². The van der Waals surface area contributed by atoms with Crippen molar-refractivity contribution in [3.05, 3.63) is 12.2 Å². The summed E-state index contributed by atoms with van der Waals surface area (Å²) in [6.07, 6.45) is 42.0. The number of hydrogen-bond acceptors (Lipinski definition) is 4. The van der Waals surface area contributed by atoms with Gasteiger partial charge >= 0.3 is 0 Å². The summed E-state index contributed by atoms with van der Waals surface area (Å²) >= 11 is 0. The van der Waals surface area contributed by atoms with Crippen molar-refractivity contribution in [1.29, 1.82) is 0 Å². The van der Waals surface area contributed by atoms with Gasteiger partial charge in [0, 0.05) is 6.42 Å². The summed E-state index contributed by atoms with van der Waals surface area (Å²) in [4.78, 5) is 12.5. The fourth-order valence-electron chi connectivity index (χ4n) is 6.39. The first kappa shape index (κ1) is 46.1. The van der Waals surface area contributed by atoms with E-state index in [0.717, 1.165) is 38.5 Å². The average molecular weight is 686 g/mol. The summed E-state index contributed by atoms with van der Waals surface area (Å²) in [7, 11) is -4.33. The lowest BCUT2D eigenvalue weighted by Crippen LogP contribution is -2.46. The number of hydrogen-bond donors (Lipinski definition) is 3. The molecule has 7 heteroatoms. The van der Waals surface area contributed by atoms with E-state index in [1.54, 1.807) is 6.08 Å². The third-order valence-electron chi connectivity index (χ3n) is 9.46. The lowest BCUT2D eigenvalue weighted by atomic mass is 10.0. The highest BCUT2D eigenvalue weighted by molar-refractivity contribution is 7.85. The molecule has 0 aliphatic heterocycles. The predicted molar refractivity (Wildman–Crippen MR) is 203 cm³/mol. The molecule has 2 unspecified atom stereocenters. The number of nitrogens with one attached hydrogen (secondary N) is 1. The number of allylic oxidation sites excluding steroid dienone is 1. The highest BCUT2D eigenvalue weighted by atomic mass is 32.2. The molecule has 0 aliphatic carbocycles. The number of rotatable bonds is 37. The first-order valence-electron chi connectivity index (χ1n) is 20.4. The maximum Gasteiger partial charge on any atom is 0.267 e. The molecule has 0 rings (SSSR count). The van der Waals surface area contributed by atoms with Crippen LogP contribution in [0.3, 0.4) is 0 Å². The Labute approximate surface area is 292 Å². The summed E-state index contributed by atoms with van der Waals surface area (Å²) in [5, 5.41) is 13.2. The van der Waals surface area contributed by atoms with Gasteiger partial charge in [-0.2, -0.15) is 8.42 Å². The Kier molecular flexibility index (Phi) is 34.2. The van der Waals surface area contributed by atoms with Crippen molar-refractivity contribution in [2.24, 2.45) is 0 Å². The van der Waals surface area contributed by atoms with Gasteiger partial charge < -0.3 is 10.4 Å². The number of unbranched alkanes of at least 4 members (excludes halogenated alkanes) is 29. The smallest absolute Gasteiger partial charge is 0.267 e. The van der Waals surface area contributed by atoms with E-state index < -0.39 is 28.0 Å². The van der Waals surface area contributed by atoms with Crippen LogP contribution in [-0.4, -0.2) is 41.9 Å². The van der Waals surface area contributed by atoms with Gasteiger partial charge in [0.15, 0.2) is 0 Å². The van der Waals surface area contributed by atoms with Crippen LogP contribution in [0.5, 0.6) is 0 Å². The van der Waals surface area contributed by atoms with Crippen LogP contribution in [0.2, 0.25) is 0 Å². The van der Waals surface area contributed by atoms with Crippen LogP contribution in [0.15, 0.2) is 12.2 Å². The molecular formula is C40H79NO5S. The Morgan fingerprint density at radius 2 is 0.872 bits per heavy atom. The van der Waals surface area contributed by atoms with E-state index in [1.807, 2.05) is 6.08 Å². The molecule has 0 radical (unpaired) electrons. The van der Waals surface area contributed by atoms with E-state index in [-0.39, 0.29) is 5.91 Å². The van der Waals surface area contributed by atoms with Crippen molar-refractivity contribution in [3.63, 3.8) is 0 Å². The molecule has 0 aromatic rings. The summed E-state index contributed by atoms with van der Waals surface area (Å²) < 4.78 is 32.4. The number of aliphatic hydroxyl groups is 1. The molecule has 0 saturated heterocycles. The minimum absolute atomic E-state index is 0.276. The minimum atomic E-state index is -4.33. The summed E-state index contributed by atoms with van der Waals surface area (Å²) in [5.41, 5.74) is 0. The number of amides is 1. The number of carbonyl (C=O) groups is 1. The molecule has 2 atom stereocenters. The first-order valence-corrected chi connectivity index (χ1v) is 22.0. The lowest BCUT2D eigenvalue weighted by molar-refractivity contribution is -0.122. The molecule has 0 bridgehead atoms. The fourth-order valence-corrected chi connectivity index (χ4v) is 7.13. The van der Waals surface area contributed by atoms with E-state index in [4.69, 9.17) is 0 Å². The minimum Gasteiger partial charge on any atom is -0.387 e. The Balaban J connectivity index is 3.88. The standard InChI is InChI=1S/C40H79NO5S/c1-3-5-7-9-11-13-15-17-18-19-20-21-22-24-25-27-29-31-33-35-39(42)38(37-47(44,45)46)41-40(43)36-34-32-30-28-26-23-16-14-12-10-8-6-4-2/h33,35,38-39,42H,3-32,34,36-37H2,1-2H3,(H,41,43)(H,44,45,46)/b35-33+. The van der Waals surface area contributed by atoms with Crippen molar-refractivity contribution in [2.45, 2.75) is 231 Å². The molecule has 1 amide bonds. The summed E-state index contributed by atoms with van der Waals surface area (Å²) in [6.45, 7) is 4.52. The Morgan fingerprint density at radius 3 is 1.21 bits per heavy atom. The zero-order valence-corrected chi connectivity index (χ0v) is 32.0. The largest absolute Gasteiger partial charge is 0.387 e. The molecule has 0 spiro atoms. The van der Waals surface area contributed by atoms with Gasteiger partial charge in [-0.1, -0.05) is 206 Å². The van der Waals surface area contributed by atoms with Crippen LogP contribution in [0, 0.1) is 0 Å². The zero-order valence-electron chi connectivity index (χ0n) is 31.2. The Hall–Kier alpha value is -0.920. The van der Waals surface area contributed by atoms with E-state index in [1.165, 1.54) is 161 Å². The van der Waals surface area contributed by atoms with Crippen LogP contribution in [-0.2, 0) is 14.9 Å². The van der Waals surface area contributed by atoms with Gasteiger partial charge in [0.2, 0.25) is 5.91 Å². The lowest BCUT2D eigenvalue weighted by Gasteiger charge is -2.21. The van der Waals surface area contributed by atoms with Crippen molar-refractivity contribution >= 4 is 16.0 Å². The van der Waals surface area contributed by atoms with Crippen LogP contribution in [0.4, 0.5) is 0 Å². The van der Waals surface area contributed by atoms with Crippen molar-refractivity contribution in [3.8, 4) is 0 Å². The van der Waals surface area contributed by atoms with Gasteiger partial charge in [-0.05, 0) is 19.3 Å². The number of aliphatic hydroxyl groups excluding tert-OH is 1. The average Bonchev–Trinajstić information content (AvgIpc) is 3.03. The summed E-state index contributed by atoms with van der Waals surface area (Å²) in [5.74, 6) is -0.968. The third kappa shape index (κ3) is 36.2. The molecular weight excluding hydrogens is 607 g/mol. The first-order chi connectivity index (χ1) is 22.8. The zero-order chi connectivity index (χ0) is 34.7. The molecule has 0 aliphatic rings. The van der Waals surface area contributed by atoms with Gasteiger partial charge in [0.05, 0.1) is 17.9 Å². The third-order valence-corrected chi connectivity index (χ3v) is 10.2. The molecule has 6 nitrogen and oxygen atoms in total. The van der Waals surface area contributed by atoms with Crippen molar-refractivity contribution in [2.75, 3.05) is 5.75 Å². The van der Waals surface area contributed by atoms with Gasteiger partial charge in [-0.25, -0.2) is 0 Å². The molecule has 0 heterocycles. The maximum absolute atomic E-state index is 12.5. The van der Waals surface area contributed by atoms with Crippen LogP contribution < -0.4 is 5.32 Å². The topological polar surface area (TPSA) is 104 Å². The second-order valence-electron chi connectivity index (χ2n) is 14.3. The predicted octanol–water partition coefficient (Wildman–Crippen LogP) is 11.8. The quantitative estimate of drug-likeness (QED) is 0.0343. The second kappa shape index (κ2) is 34.9. The van der Waals surface area contributed by atoms with Crippen molar-refractivity contribution < 1.29 is 22.9 Å². The molecule has 0 aromatic heterocycles. The molecule has 3 N–H and O–H groups in total. The Bertz CT molecular complexity index is 800. The molecule has 0 saturated carbocycles. The number of carbonyl (C=O) groups excluding carboxylic acids is 1. The fraction of sp³-hybridized carbons (Fsp3) is 0.925. The molecule has 47 heavy (non-hydrogen) atoms. The van der Waals surface area contributed by atoms with E-state index in [0.29, 0.717) is 6.42 Å². The van der Waals surface area contributed by atoms with Gasteiger partial charge in [-0.15, -0.1) is 0 Å². The van der Waals surface area contributed by atoms with Crippen molar-refractivity contribution in [1.82, 2.24) is 5.32 Å². The van der Waals surface area contributed by atoms with E-state index in [2.05, 4.69) is 19.2 Å². The van der Waals surface area contributed by atoms with Gasteiger partial charge in [0.1, 0.15) is 0 Å². The highest BCUT2D eigenvalue weighted by Gasteiger charge is 2.24. The van der Waals surface area contributed by atoms with E-state index >= 15 is 0 Å². The monoisotopic (exact) mass is 686 g/mol. The normalized spacial score (nSPS) is 13.4. The molecule has 280 valence electrons. The van der Waals surface area contributed by atoms with Crippen LogP contribution in [0.25, 0.3) is 0 Å². The van der Waals surface area contributed by atoms with E-state index in [9.17, 15) is 22.9 Å².